The molecular formula is C6H11F. The first kappa shape index (κ1) is 5.07. The topological polar surface area (TPSA) is 0 Å². The Bertz CT molecular complexity index is 57.2. The molecule has 0 spiro atoms. The van der Waals surface area contributed by atoms with Gasteiger partial charge in [-0.15, -0.1) is 0 Å². The second-order valence-electron chi connectivity index (χ2n) is 2.47. The average Bonchev–Trinajstić information content (AvgIpc) is 2.44. The van der Waals surface area contributed by atoms with Crippen molar-refractivity contribution in [1.29, 1.82) is 0 Å². The number of alkyl halides is 1. The maximum Gasteiger partial charge on any atom is 0.0922 e. The Morgan fingerprint density at radius 2 is 2.29 bits per heavy atom. The van der Waals surface area contributed by atoms with Gasteiger partial charge in [-0.1, -0.05) is 6.92 Å². The van der Waals surface area contributed by atoms with Crippen LogP contribution in [0.3, 0.4) is 0 Å². The largest absolute Gasteiger partial charge is 0.251 e. The van der Waals surface area contributed by atoms with E-state index in [0.29, 0.717) is 5.92 Å². The highest BCUT2D eigenvalue weighted by atomic mass is 19.1. The maximum atomic E-state index is 11.7. The molecule has 1 heteroatoms. The Balaban J connectivity index is 2.10. The van der Waals surface area contributed by atoms with Crippen LogP contribution in [0, 0.1) is 11.8 Å². The Morgan fingerprint density at radius 1 is 1.71 bits per heavy atom. The summed E-state index contributed by atoms with van der Waals surface area (Å²) in [6.07, 6.45) is 2.54. The molecule has 7 heavy (non-hydrogen) atoms. The van der Waals surface area contributed by atoms with Gasteiger partial charge < -0.3 is 0 Å². The summed E-state index contributed by atoms with van der Waals surface area (Å²) in [5.74, 6) is 1.09. The van der Waals surface area contributed by atoms with Gasteiger partial charge in [-0.3, -0.25) is 4.39 Å². The lowest BCUT2D eigenvalue weighted by Gasteiger charge is -1.99. The summed E-state index contributed by atoms with van der Waals surface area (Å²) in [4.78, 5) is 0. The van der Waals surface area contributed by atoms with Gasteiger partial charge in [0.2, 0.25) is 0 Å². The molecule has 0 radical (unpaired) electrons. The molecule has 1 aliphatic rings. The van der Waals surface area contributed by atoms with Gasteiger partial charge in [-0.05, 0) is 24.7 Å². The Kier molecular flexibility index (Phi) is 1.31. The average molecular weight is 102 g/mol. The molecule has 1 saturated carbocycles. The number of hydrogen-bond acceptors (Lipinski definition) is 0. The highest BCUT2D eigenvalue weighted by Crippen LogP contribution is 2.36. The van der Waals surface area contributed by atoms with Crippen molar-refractivity contribution in [2.45, 2.75) is 19.8 Å². The van der Waals surface area contributed by atoms with Crippen molar-refractivity contribution in [3.05, 3.63) is 0 Å². The van der Waals surface area contributed by atoms with Crippen LogP contribution in [-0.2, 0) is 0 Å². The van der Waals surface area contributed by atoms with Crippen molar-refractivity contribution in [3.63, 3.8) is 0 Å². The lowest BCUT2D eigenvalue weighted by Crippen LogP contribution is -1.97. The first-order valence-electron chi connectivity index (χ1n) is 2.90. The van der Waals surface area contributed by atoms with Crippen molar-refractivity contribution in [3.8, 4) is 0 Å². The van der Waals surface area contributed by atoms with Crippen molar-refractivity contribution in [1.82, 2.24) is 0 Å². The molecule has 42 valence electrons. The van der Waals surface area contributed by atoms with Gasteiger partial charge in [0.15, 0.2) is 0 Å². The van der Waals surface area contributed by atoms with Crippen LogP contribution < -0.4 is 0 Å². The molecule has 1 aliphatic carbocycles. The van der Waals surface area contributed by atoms with E-state index in [1.165, 1.54) is 12.8 Å². The van der Waals surface area contributed by atoms with E-state index in [2.05, 4.69) is 0 Å². The molecule has 0 amide bonds. The number of rotatable bonds is 2. The van der Waals surface area contributed by atoms with E-state index in [-0.39, 0.29) is 6.67 Å². The number of halogens is 1. The fourth-order valence-electron chi connectivity index (χ4n) is 0.791. The predicted molar refractivity (Wildman–Crippen MR) is 27.9 cm³/mol. The zero-order chi connectivity index (χ0) is 5.28. The van der Waals surface area contributed by atoms with Crippen LogP contribution in [0.1, 0.15) is 19.8 Å². The van der Waals surface area contributed by atoms with E-state index in [9.17, 15) is 4.39 Å². The van der Waals surface area contributed by atoms with Crippen LogP contribution in [0.25, 0.3) is 0 Å². The highest BCUT2D eigenvalue weighted by molar-refractivity contribution is 4.77. The van der Waals surface area contributed by atoms with Gasteiger partial charge in [0.05, 0.1) is 6.67 Å². The summed E-state index contributed by atoms with van der Waals surface area (Å²) in [5.41, 5.74) is 0. The quantitative estimate of drug-likeness (QED) is 0.500. The van der Waals surface area contributed by atoms with Gasteiger partial charge in [0, 0.05) is 0 Å². The maximum absolute atomic E-state index is 11.7. The minimum Gasteiger partial charge on any atom is -0.251 e. The van der Waals surface area contributed by atoms with E-state index in [0.717, 1.165) is 5.92 Å². The second kappa shape index (κ2) is 1.81. The Hall–Kier alpha value is -0.0700. The third-order valence-corrected chi connectivity index (χ3v) is 1.67. The molecule has 1 unspecified atom stereocenters. The summed E-state index contributed by atoms with van der Waals surface area (Å²) < 4.78 is 11.7. The normalized spacial score (nSPS) is 24.9. The molecule has 1 rings (SSSR count). The van der Waals surface area contributed by atoms with Crippen LogP contribution in [0.5, 0.6) is 0 Å². The monoisotopic (exact) mass is 102 g/mol. The highest BCUT2D eigenvalue weighted by Gasteiger charge is 2.27. The lowest BCUT2D eigenvalue weighted by molar-refractivity contribution is 0.352. The van der Waals surface area contributed by atoms with Crippen LogP contribution in [0.2, 0.25) is 0 Å². The van der Waals surface area contributed by atoms with Crippen LogP contribution in [0.15, 0.2) is 0 Å². The molecule has 0 aromatic carbocycles. The van der Waals surface area contributed by atoms with Gasteiger partial charge in [-0.2, -0.15) is 0 Å². The molecule has 0 aromatic heterocycles. The van der Waals surface area contributed by atoms with Gasteiger partial charge >= 0.3 is 0 Å². The fraction of sp³-hybridized carbons (Fsp3) is 1.00. The molecule has 0 saturated heterocycles. The van der Waals surface area contributed by atoms with Gasteiger partial charge in [0.25, 0.3) is 0 Å². The summed E-state index contributed by atoms with van der Waals surface area (Å²) in [5, 5.41) is 0. The third kappa shape index (κ3) is 1.15. The minimum atomic E-state index is -0.120. The van der Waals surface area contributed by atoms with Crippen molar-refractivity contribution in [2.24, 2.45) is 11.8 Å². The summed E-state index contributed by atoms with van der Waals surface area (Å²) in [6.45, 7) is 1.86. The molecule has 0 heterocycles. The summed E-state index contributed by atoms with van der Waals surface area (Å²) in [6, 6.07) is 0. The second-order valence-corrected chi connectivity index (χ2v) is 2.47. The summed E-state index contributed by atoms with van der Waals surface area (Å²) in [7, 11) is 0. The van der Waals surface area contributed by atoms with Gasteiger partial charge in [0.1, 0.15) is 0 Å². The van der Waals surface area contributed by atoms with Crippen LogP contribution >= 0.6 is 0 Å². The smallest absolute Gasteiger partial charge is 0.0922 e. The molecular weight excluding hydrogens is 91.1 g/mol. The molecule has 0 bridgehead atoms. The van der Waals surface area contributed by atoms with Crippen molar-refractivity contribution >= 4 is 0 Å². The third-order valence-electron chi connectivity index (χ3n) is 1.67. The van der Waals surface area contributed by atoms with E-state index < -0.39 is 0 Å². The van der Waals surface area contributed by atoms with Crippen LogP contribution in [-0.4, -0.2) is 6.67 Å². The predicted octanol–water partition coefficient (Wildman–Crippen LogP) is 2.00. The number of hydrogen-bond donors (Lipinski definition) is 0. The van der Waals surface area contributed by atoms with E-state index in [1.807, 2.05) is 6.92 Å². The SMILES string of the molecule is CC(CF)C1CC1. The van der Waals surface area contributed by atoms with Gasteiger partial charge in [-0.25, -0.2) is 0 Å². The fourth-order valence-corrected chi connectivity index (χ4v) is 0.791. The van der Waals surface area contributed by atoms with Crippen molar-refractivity contribution < 1.29 is 4.39 Å². The zero-order valence-corrected chi connectivity index (χ0v) is 4.65. The van der Waals surface area contributed by atoms with Crippen molar-refractivity contribution in [2.75, 3.05) is 6.67 Å². The van der Waals surface area contributed by atoms with E-state index in [1.54, 1.807) is 0 Å². The Morgan fingerprint density at radius 3 is 2.43 bits per heavy atom. The first-order chi connectivity index (χ1) is 3.34. The summed E-state index contributed by atoms with van der Waals surface area (Å²) >= 11 is 0. The molecule has 1 atom stereocenters. The molecule has 0 aliphatic heterocycles. The van der Waals surface area contributed by atoms with Crippen LogP contribution in [0.4, 0.5) is 4.39 Å². The molecule has 0 nitrogen and oxygen atoms in total. The first-order valence-corrected chi connectivity index (χ1v) is 2.90. The Labute approximate surface area is 43.7 Å². The zero-order valence-electron chi connectivity index (χ0n) is 4.65. The van der Waals surface area contributed by atoms with E-state index >= 15 is 0 Å². The standard InChI is InChI=1S/C6H11F/c1-5(4-7)6-2-3-6/h5-6H,2-4H2,1H3. The molecule has 0 N–H and O–H groups in total. The minimum absolute atomic E-state index is 0.120. The lowest BCUT2D eigenvalue weighted by atomic mass is 10.1. The van der Waals surface area contributed by atoms with E-state index in [4.69, 9.17) is 0 Å². The molecule has 0 aromatic rings. The molecule has 1 fully saturated rings.